The maximum atomic E-state index is 12.7. The van der Waals surface area contributed by atoms with E-state index in [9.17, 15) is 39.6 Å². The zero-order valence-electron chi connectivity index (χ0n) is 13.8. The summed E-state index contributed by atoms with van der Waals surface area (Å²) in [6, 6.07) is 8.74. The lowest BCUT2D eigenvalue weighted by molar-refractivity contribution is -0.187. The second kappa shape index (κ2) is 7.69. The summed E-state index contributed by atoms with van der Waals surface area (Å²) in [4.78, 5) is 48.9. The molecule has 4 N–H and O–H groups in total. The third-order valence-electron chi connectivity index (χ3n) is 4.01. The number of benzene rings is 2. The van der Waals surface area contributed by atoms with Crippen molar-refractivity contribution >= 4 is 46.7 Å². The number of aliphatic hydroxyl groups is 2. The van der Waals surface area contributed by atoms with Crippen molar-refractivity contribution in [1.29, 1.82) is 0 Å². The summed E-state index contributed by atoms with van der Waals surface area (Å²) < 4.78 is 0. The van der Waals surface area contributed by atoms with Crippen LogP contribution in [0.1, 0.15) is 20.7 Å². The van der Waals surface area contributed by atoms with E-state index in [0.717, 1.165) is 24.3 Å². The summed E-state index contributed by atoms with van der Waals surface area (Å²) in [5, 5.41) is 40.4. The molecule has 2 atom stereocenters. The molecule has 0 heterocycles. The highest BCUT2D eigenvalue weighted by molar-refractivity contribution is 6.32. The Morgan fingerprint density at radius 2 is 0.857 bits per heavy atom. The molecule has 0 radical (unpaired) electrons. The van der Waals surface area contributed by atoms with E-state index in [0.29, 0.717) is 0 Å². The van der Waals surface area contributed by atoms with Crippen LogP contribution in [-0.2, 0) is 9.59 Å². The topological polar surface area (TPSA) is 149 Å². The normalized spacial score (nSPS) is 15.1. The van der Waals surface area contributed by atoms with Gasteiger partial charge in [0.25, 0.3) is 11.2 Å². The van der Waals surface area contributed by atoms with Crippen molar-refractivity contribution in [2.24, 2.45) is 0 Å². The Balaban J connectivity index is 2.69. The van der Waals surface area contributed by atoms with Gasteiger partial charge in [0.1, 0.15) is 0 Å². The second-order valence-corrected chi connectivity index (χ2v) is 6.58. The van der Waals surface area contributed by atoms with Gasteiger partial charge in [-0.05, 0) is 48.5 Å². The number of ketones is 2. The monoisotopic (exact) mass is 426 g/mol. The van der Waals surface area contributed by atoms with Crippen molar-refractivity contribution in [3.8, 4) is 0 Å². The van der Waals surface area contributed by atoms with Crippen LogP contribution >= 0.6 is 23.2 Å². The SMILES string of the molecule is O=C(O)C(O)(C(=O)c1ccc(Cl)cc1)C(O)(C(=O)O)C(=O)c1ccc(Cl)cc1. The van der Waals surface area contributed by atoms with Crippen molar-refractivity contribution in [2.75, 3.05) is 0 Å². The largest absolute Gasteiger partial charge is 0.479 e. The summed E-state index contributed by atoms with van der Waals surface area (Å²) in [6.07, 6.45) is 0. The summed E-state index contributed by atoms with van der Waals surface area (Å²) in [5.41, 5.74) is -9.05. The molecular formula is C18H12Cl2O8. The van der Waals surface area contributed by atoms with Crippen LogP contribution in [0.25, 0.3) is 0 Å². The van der Waals surface area contributed by atoms with Crippen LogP contribution < -0.4 is 0 Å². The Morgan fingerprint density at radius 3 is 1.07 bits per heavy atom. The van der Waals surface area contributed by atoms with Crippen LogP contribution in [0.3, 0.4) is 0 Å². The Bertz CT molecular complexity index is 875. The van der Waals surface area contributed by atoms with Gasteiger partial charge < -0.3 is 20.4 Å². The van der Waals surface area contributed by atoms with E-state index in [4.69, 9.17) is 23.2 Å². The predicted octanol–water partition coefficient (Wildman–Crippen LogP) is 1.69. The van der Waals surface area contributed by atoms with Gasteiger partial charge in [-0.15, -0.1) is 0 Å². The minimum atomic E-state index is -4.04. The van der Waals surface area contributed by atoms with Crippen molar-refractivity contribution in [3.63, 3.8) is 0 Å². The Hall–Kier alpha value is -2.78. The van der Waals surface area contributed by atoms with E-state index >= 15 is 0 Å². The Morgan fingerprint density at radius 1 is 0.607 bits per heavy atom. The molecule has 0 spiro atoms. The molecule has 0 aromatic heterocycles. The number of carbonyl (C=O) groups excluding carboxylic acids is 2. The lowest BCUT2D eigenvalue weighted by Crippen LogP contribution is -2.71. The highest BCUT2D eigenvalue weighted by Gasteiger charge is 2.69. The summed E-state index contributed by atoms with van der Waals surface area (Å²) >= 11 is 11.4. The van der Waals surface area contributed by atoms with Crippen LogP contribution in [-0.4, -0.2) is 55.1 Å². The van der Waals surface area contributed by atoms with Gasteiger partial charge in [0, 0.05) is 21.2 Å². The molecule has 0 aliphatic rings. The van der Waals surface area contributed by atoms with Gasteiger partial charge >= 0.3 is 11.9 Å². The fourth-order valence-corrected chi connectivity index (χ4v) is 2.70. The number of carbonyl (C=O) groups is 4. The molecule has 2 rings (SSSR count). The zero-order chi connectivity index (χ0) is 21.3. The molecule has 0 aliphatic carbocycles. The molecule has 0 bridgehead atoms. The zero-order valence-corrected chi connectivity index (χ0v) is 15.3. The first-order chi connectivity index (χ1) is 13.0. The number of Topliss-reactive ketones (excluding diaryl/α,β-unsaturated/α-hetero) is 2. The lowest BCUT2D eigenvalue weighted by Gasteiger charge is -2.34. The van der Waals surface area contributed by atoms with Gasteiger partial charge in [0.15, 0.2) is 0 Å². The van der Waals surface area contributed by atoms with Crippen molar-refractivity contribution < 1.29 is 39.6 Å². The van der Waals surface area contributed by atoms with Gasteiger partial charge in [0.2, 0.25) is 11.6 Å². The predicted molar refractivity (Wildman–Crippen MR) is 96.7 cm³/mol. The van der Waals surface area contributed by atoms with E-state index < -0.39 is 45.8 Å². The Kier molecular flexibility index (Phi) is 5.91. The average molecular weight is 427 g/mol. The van der Waals surface area contributed by atoms with E-state index in [2.05, 4.69) is 0 Å². The van der Waals surface area contributed by atoms with Crippen LogP contribution in [0.15, 0.2) is 48.5 Å². The molecule has 0 saturated heterocycles. The minimum absolute atomic E-state index is 0.168. The summed E-state index contributed by atoms with van der Waals surface area (Å²) in [5.74, 6) is -8.30. The van der Waals surface area contributed by atoms with Crippen molar-refractivity contribution in [3.05, 3.63) is 69.7 Å². The number of aliphatic carboxylic acids is 2. The fourth-order valence-electron chi connectivity index (χ4n) is 2.45. The summed E-state index contributed by atoms with van der Waals surface area (Å²) in [7, 11) is 0. The molecule has 2 aromatic carbocycles. The van der Waals surface area contributed by atoms with E-state index in [1.165, 1.54) is 24.3 Å². The van der Waals surface area contributed by atoms with Crippen LogP contribution in [0.2, 0.25) is 10.0 Å². The molecule has 8 nitrogen and oxygen atoms in total. The number of hydrogen-bond donors (Lipinski definition) is 4. The van der Waals surface area contributed by atoms with Gasteiger partial charge in [-0.3, -0.25) is 9.59 Å². The third-order valence-corrected chi connectivity index (χ3v) is 4.52. The first-order valence-corrected chi connectivity index (χ1v) is 8.24. The Labute approximate surface area is 167 Å². The van der Waals surface area contributed by atoms with Crippen LogP contribution in [0.5, 0.6) is 0 Å². The quantitative estimate of drug-likeness (QED) is 0.385. The molecule has 146 valence electrons. The molecule has 0 fully saturated rings. The first-order valence-electron chi connectivity index (χ1n) is 7.48. The van der Waals surface area contributed by atoms with Crippen molar-refractivity contribution in [2.45, 2.75) is 11.2 Å². The highest BCUT2D eigenvalue weighted by atomic mass is 35.5. The van der Waals surface area contributed by atoms with E-state index in [1.807, 2.05) is 0 Å². The fraction of sp³-hybridized carbons (Fsp3) is 0.111. The molecule has 0 amide bonds. The van der Waals surface area contributed by atoms with Gasteiger partial charge in [-0.25, -0.2) is 9.59 Å². The van der Waals surface area contributed by atoms with Crippen molar-refractivity contribution in [1.82, 2.24) is 0 Å². The number of rotatable bonds is 7. The second-order valence-electron chi connectivity index (χ2n) is 5.70. The lowest BCUT2D eigenvalue weighted by atomic mass is 9.73. The molecule has 10 heteroatoms. The van der Waals surface area contributed by atoms with Gasteiger partial charge in [0.05, 0.1) is 0 Å². The highest BCUT2D eigenvalue weighted by Crippen LogP contribution is 2.32. The standard InChI is InChI=1S/C18H12Cl2O8/c19-11-5-1-9(2-6-11)13(21)17(27,15(23)24)18(28,16(25)26)14(22)10-3-7-12(20)8-4-10/h1-8,27-28H,(H,23,24)(H,25,26). The average Bonchev–Trinajstić information content (AvgIpc) is 2.66. The summed E-state index contributed by atoms with van der Waals surface area (Å²) in [6.45, 7) is 0. The van der Waals surface area contributed by atoms with Crippen LogP contribution in [0, 0.1) is 0 Å². The number of halogens is 2. The number of carboxylic acid groups (broad SMARTS) is 2. The molecule has 0 saturated carbocycles. The smallest absolute Gasteiger partial charge is 0.348 e. The third kappa shape index (κ3) is 3.38. The van der Waals surface area contributed by atoms with Crippen LogP contribution in [0.4, 0.5) is 0 Å². The minimum Gasteiger partial charge on any atom is -0.479 e. The van der Waals surface area contributed by atoms with E-state index in [1.54, 1.807) is 0 Å². The molecular weight excluding hydrogens is 415 g/mol. The number of carboxylic acids is 2. The van der Waals surface area contributed by atoms with E-state index in [-0.39, 0.29) is 10.0 Å². The molecule has 2 unspecified atom stereocenters. The number of hydrogen-bond acceptors (Lipinski definition) is 6. The van der Waals surface area contributed by atoms with Gasteiger partial charge in [-0.1, -0.05) is 23.2 Å². The molecule has 2 aromatic rings. The first kappa shape index (κ1) is 21.5. The maximum Gasteiger partial charge on any atom is 0.348 e. The molecule has 28 heavy (non-hydrogen) atoms. The van der Waals surface area contributed by atoms with Gasteiger partial charge in [-0.2, -0.15) is 0 Å². The molecule has 0 aliphatic heterocycles. The maximum absolute atomic E-state index is 12.7.